The Bertz CT molecular complexity index is 861. The SMILES string of the molecule is [C-]#[N+]c1ccc(N2C(=O)C(C)(C)N(CCS(N)(=O)=O)C2=S)cc1Cl. The van der Waals surface area contributed by atoms with E-state index in [1.165, 1.54) is 21.9 Å². The van der Waals surface area contributed by atoms with Gasteiger partial charge in [0.05, 0.1) is 18.0 Å². The molecule has 1 aromatic rings. The molecular formula is C14H15ClN4O3S2. The van der Waals surface area contributed by atoms with Crippen LogP contribution in [0.3, 0.4) is 0 Å². The normalized spacial score (nSPS) is 17.3. The molecule has 0 unspecified atom stereocenters. The lowest BCUT2D eigenvalue weighted by Crippen LogP contribution is -2.46. The van der Waals surface area contributed by atoms with Crippen molar-refractivity contribution in [1.29, 1.82) is 0 Å². The molecule has 2 N–H and O–H groups in total. The molecule has 0 atom stereocenters. The van der Waals surface area contributed by atoms with E-state index in [4.69, 9.17) is 35.5 Å². The number of benzene rings is 1. The van der Waals surface area contributed by atoms with Crippen molar-refractivity contribution in [2.45, 2.75) is 19.4 Å². The molecule has 1 amide bonds. The van der Waals surface area contributed by atoms with Crippen LogP contribution in [0.15, 0.2) is 18.2 Å². The van der Waals surface area contributed by atoms with Crippen LogP contribution < -0.4 is 10.0 Å². The van der Waals surface area contributed by atoms with E-state index in [2.05, 4.69) is 4.85 Å². The minimum Gasteiger partial charge on any atom is -0.333 e. The highest BCUT2D eigenvalue weighted by Gasteiger charge is 2.49. The molecule has 2 rings (SSSR count). The maximum atomic E-state index is 12.8. The minimum absolute atomic E-state index is 0.000770. The molecule has 1 heterocycles. The van der Waals surface area contributed by atoms with Crippen LogP contribution >= 0.6 is 23.8 Å². The fraction of sp³-hybridized carbons (Fsp3) is 0.357. The monoisotopic (exact) mass is 386 g/mol. The summed E-state index contributed by atoms with van der Waals surface area (Å²) in [6.07, 6.45) is 0. The van der Waals surface area contributed by atoms with E-state index in [1.54, 1.807) is 19.9 Å². The maximum Gasteiger partial charge on any atom is 0.258 e. The van der Waals surface area contributed by atoms with Gasteiger partial charge < -0.3 is 4.90 Å². The first kappa shape index (κ1) is 18.6. The van der Waals surface area contributed by atoms with Gasteiger partial charge in [-0.3, -0.25) is 9.69 Å². The number of amides is 1. The van der Waals surface area contributed by atoms with Crippen molar-refractivity contribution in [2.75, 3.05) is 17.2 Å². The average molecular weight is 387 g/mol. The number of rotatable bonds is 4. The fourth-order valence-electron chi connectivity index (χ4n) is 2.38. The molecule has 0 aromatic heterocycles. The second-order valence-electron chi connectivity index (χ2n) is 5.75. The van der Waals surface area contributed by atoms with Crippen molar-refractivity contribution >= 4 is 56.2 Å². The molecule has 0 bridgehead atoms. The Morgan fingerprint density at radius 2 is 2.04 bits per heavy atom. The Labute approximate surface area is 150 Å². The second-order valence-corrected chi connectivity index (χ2v) is 8.25. The molecule has 0 saturated carbocycles. The topological polar surface area (TPSA) is 88.1 Å². The molecular weight excluding hydrogens is 372 g/mol. The third kappa shape index (κ3) is 3.37. The molecule has 0 aliphatic carbocycles. The predicted molar refractivity (Wildman–Crippen MR) is 96.6 cm³/mol. The highest BCUT2D eigenvalue weighted by Crippen LogP contribution is 2.35. The Hall–Kier alpha value is -1.73. The molecule has 10 heteroatoms. The molecule has 24 heavy (non-hydrogen) atoms. The molecule has 7 nitrogen and oxygen atoms in total. The quantitative estimate of drug-likeness (QED) is 0.630. The number of hydrogen-bond acceptors (Lipinski definition) is 4. The number of nitrogens with two attached hydrogens (primary N) is 1. The van der Waals surface area contributed by atoms with Gasteiger partial charge in [0.1, 0.15) is 5.54 Å². The summed E-state index contributed by atoms with van der Waals surface area (Å²) in [5, 5.41) is 5.41. The number of anilines is 1. The molecule has 1 aliphatic heterocycles. The van der Waals surface area contributed by atoms with Crippen LogP contribution in [0.25, 0.3) is 4.85 Å². The van der Waals surface area contributed by atoms with Gasteiger partial charge in [-0.1, -0.05) is 17.7 Å². The van der Waals surface area contributed by atoms with Crippen molar-refractivity contribution in [3.63, 3.8) is 0 Å². The number of primary sulfonamides is 1. The second kappa shape index (κ2) is 6.29. The lowest BCUT2D eigenvalue weighted by molar-refractivity contribution is -0.123. The van der Waals surface area contributed by atoms with E-state index in [9.17, 15) is 13.2 Å². The summed E-state index contributed by atoms with van der Waals surface area (Å²) in [4.78, 5) is 18.8. The van der Waals surface area contributed by atoms with Gasteiger partial charge >= 0.3 is 0 Å². The Morgan fingerprint density at radius 1 is 1.42 bits per heavy atom. The van der Waals surface area contributed by atoms with Gasteiger partial charge in [0.2, 0.25) is 15.7 Å². The van der Waals surface area contributed by atoms with Crippen molar-refractivity contribution < 1.29 is 13.2 Å². The Kier molecular flexibility index (Phi) is 4.88. The average Bonchev–Trinajstić information content (AvgIpc) is 2.62. The van der Waals surface area contributed by atoms with Crippen LogP contribution in [0, 0.1) is 6.57 Å². The van der Waals surface area contributed by atoms with Gasteiger partial charge in [-0.2, -0.15) is 0 Å². The number of carbonyl (C=O) groups excluding carboxylic acids is 1. The summed E-state index contributed by atoms with van der Waals surface area (Å²) >= 11 is 11.4. The van der Waals surface area contributed by atoms with Crippen LogP contribution in [-0.2, 0) is 14.8 Å². The molecule has 0 radical (unpaired) electrons. The standard InChI is InChI=1S/C14H15ClN4O3S2/c1-14(2)12(20)19(9-4-5-11(17-3)10(15)8-9)13(23)18(14)6-7-24(16,21)22/h4-5,8H,6-7H2,1-2H3,(H2,16,21,22). The highest BCUT2D eigenvalue weighted by atomic mass is 35.5. The smallest absolute Gasteiger partial charge is 0.258 e. The van der Waals surface area contributed by atoms with Crippen molar-refractivity contribution in [3.05, 3.63) is 34.6 Å². The Morgan fingerprint density at radius 3 is 2.54 bits per heavy atom. The van der Waals surface area contributed by atoms with Crippen LogP contribution in [0.2, 0.25) is 5.02 Å². The first-order chi connectivity index (χ1) is 11.0. The van der Waals surface area contributed by atoms with Gasteiger partial charge in [0.15, 0.2) is 5.11 Å². The summed E-state index contributed by atoms with van der Waals surface area (Å²) in [6.45, 7) is 10.3. The number of halogens is 1. The number of carbonyl (C=O) groups is 1. The third-order valence-corrected chi connectivity index (χ3v) is 5.19. The van der Waals surface area contributed by atoms with Crippen molar-refractivity contribution in [2.24, 2.45) is 5.14 Å². The predicted octanol–water partition coefficient (Wildman–Crippen LogP) is 1.89. The summed E-state index contributed by atoms with van der Waals surface area (Å²) in [7, 11) is -3.69. The lowest BCUT2D eigenvalue weighted by Gasteiger charge is -2.28. The largest absolute Gasteiger partial charge is 0.333 e. The van der Waals surface area contributed by atoms with Crippen molar-refractivity contribution in [3.8, 4) is 0 Å². The van der Waals surface area contributed by atoms with Crippen molar-refractivity contribution in [1.82, 2.24) is 4.90 Å². The lowest BCUT2D eigenvalue weighted by atomic mass is 10.0. The van der Waals surface area contributed by atoms with Gasteiger partial charge in [-0.15, -0.1) is 0 Å². The summed E-state index contributed by atoms with van der Waals surface area (Å²) < 4.78 is 22.4. The van der Waals surface area contributed by atoms with E-state index in [1.807, 2.05) is 0 Å². The minimum atomic E-state index is -3.69. The van der Waals surface area contributed by atoms with Crippen LogP contribution in [0.1, 0.15) is 13.8 Å². The first-order valence-corrected chi connectivity index (χ1v) is 9.33. The van der Waals surface area contributed by atoms with Crippen LogP contribution in [-0.4, -0.2) is 42.2 Å². The van der Waals surface area contributed by atoms with Gasteiger partial charge in [-0.05, 0) is 38.2 Å². The first-order valence-electron chi connectivity index (χ1n) is 6.82. The van der Waals surface area contributed by atoms with E-state index in [0.717, 1.165) is 0 Å². The maximum absolute atomic E-state index is 12.8. The number of sulfonamides is 1. The molecule has 1 aromatic carbocycles. The van der Waals surface area contributed by atoms with Gasteiger partial charge in [0, 0.05) is 11.6 Å². The zero-order valence-corrected chi connectivity index (χ0v) is 15.4. The number of hydrogen-bond donors (Lipinski definition) is 1. The molecule has 128 valence electrons. The number of thiocarbonyl (C=S) groups is 1. The zero-order chi connectivity index (χ0) is 18.3. The molecule has 1 fully saturated rings. The van der Waals surface area contributed by atoms with E-state index >= 15 is 0 Å². The summed E-state index contributed by atoms with van der Waals surface area (Å²) in [5.74, 6) is -0.636. The van der Waals surface area contributed by atoms with E-state index in [0.29, 0.717) is 5.69 Å². The fourth-order valence-corrected chi connectivity index (χ4v) is 3.54. The molecule has 1 aliphatic rings. The third-order valence-electron chi connectivity index (χ3n) is 3.73. The summed E-state index contributed by atoms with van der Waals surface area (Å²) in [5.41, 5.74) is -0.330. The zero-order valence-electron chi connectivity index (χ0n) is 13.0. The van der Waals surface area contributed by atoms with E-state index < -0.39 is 15.6 Å². The highest BCUT2D eigenvalue weighted by molar-refractivity contribution is 7.89. The van der Waals surface area contributed by atoms with Crippen LogP contribution in [0.5, 0.6) is 0 Å². The number of nitrogens with zero attached hydrogens (tertiary/aromatic N) is 3. The molecule has 1 saturated heterocycles. The van der Waals surface area contributed by atoms with E-state index in [-0.39, 0.29) is 34.0 Å². The Balaban J connectivity index is 2.39. The molecule has 0 spiro atoms. The summed E-state index contributed by atoms with van der Waals surface area (Å²) in [6, 6.07) is 4.56. The van der Waals surface area contributed by atoms with Gasteiger partial charge in [0.25, 0.3) is 5.91 Å². The van der Waals surface area contributed by atoms with Gasteiger partial charge in [-0.25, -0.2) is 18.4 Å². The van der Waals surface area contributed by atoms with Crippen LogP contribution in [0.4, 0.5) is 11.4 Å².